The van der Waals surface area contributed by atoms with Crippen LogP contribution in [0, 0.1) is 0 Å². The van der Waals surface area contributed by atoms with Crippen molar-refractivity contribution in [1.29, 1.82) is 0 Å². The smallest absolute Gasteiger partial charge is 0.328 e. The summed E-state index contributed by atoms with van der Waals surface area (Å²) in [6.45, 7) is 1.49. The highest BCUT2D eigenvalue weighted by Crippen LogP contribution is 2.29. The summed E-state index contributed by atoms with van der Waals surface area (Å²) >= 11 is 6.66. The quantitative estimate of drug-likeness (QED) is 0.630. The van der Waals surface area contributed by atoms with E-state index in [1.165, 1.54) is 13.0 Å². The molecule has 0 aromatic heterocycles. The van der Waals surface area contributed by atoms with Crippen molar-refractivity contribution < 1.29 is 14.7 Å². The molecule has 0 radical (unpaired) electrons. The fourth-order valence-corrected chi connectivity index (χ4v) is 2.23. The third kappa shape index (κ3) is 4.07. The molecule has 1 rings (SSSR count). The van der Waals surface area contributed by atoms with Crippen molar-refractivity contribution >= 4 is 49.7 Å². The molecule has 1 unspecified atom stereocenters. The summed E-state index contributed by atoms with van der Waals surface area (Å²) in [5, 5.41) is 9.34. The van der Waals surface area contributed by atoms with E-state index in [1.807, 2.05) is 18.2 Å². The maximum atomic E-state index is 11.4. The Morgan fingerprint density at radius 1 is 1.44 bits per heavy atom. The number of hydrogen-bond donors (Lipinski definition) is 1. The van der Waals surface area contributed by atoms with Gasteiger partial charge >= 0.3 is 5.97 Å². The Labute approximate surface area is 122 Å². The van der Waals surface area contributed by atoms with Crippen molar-refractivity contribution in [3.8, 4) is 0 Å². The predicted octanol–water partition coefficient (Wildman–Crippen LogP) is 3.70. The Kier molecular flexibility index (Phi) is 5.75. The summed E-state index contributed by atoms with van der Waals surface area (Å²) in [6, 6.07) is 5.60. The average Bonchev–Trinajstić information content (AvgIpc) is 2.34. The molecule has 0 aliphatic rings. The number of rotatable bonds is 5. The van der Waals surface area contributed by atoms with Gasteiger partial charge in [0.2, 0.25) is 0 Å². The molecule has 96 valence electrons. The molecule has 0 saturated heterocycles. The molecule has 5 heteroatoms. The van der Waals surface area contributed by atoms with Crippen LogP contribution in [0.4, 0.5) is 0 Å². The number of alkyl halides is 2. The average molecular weight is 376 g/mol. The second-order valence-electron chi connectivity index (χ2n) is 3.74. The first-order valence-corrected chi connectivity index (χ1v) is 7.23. The normalized spacial score (nSPS) is 12.6. The zero-order chi connectivity index (χ0) is 13.7. The molecular formula is C13H12Br2O3. The number of carboxylic acids is 1. The van der Waals surface area contributed by atoms with Crippen LogP contribution in [0.3, 0.4) is 0 Å². The van der Waals surface area contributed by atoms with Gasteiger partial charge in [0.1, 0.15) is 5.78 Å². The van der Waals surface area contributed by atoms with E-state index in [4.69, 9.17) is 5.11 Å². The molecule has 1 N–H and O–H groups in total. The lowest BCUT2D eigenvalue weighted by Crippen LogP contribution is -2.03. The van der Waals surface area contributed by atoms with E-state index in [9.17, 15) is 9.59 Å². The van der Waals surface area contributed by atoms with E-state index in [0.717, 1.165) is 22.8 Å². The first kappa shape index (κ1) is 15.1. The lowest BCUT2D eigenvalue weighted by Gasteiger charge is -2.11. The lowest BCUT2D eigenvalue weighted by molar-refractivity contribution is -0.131. The monoisotopic (exact) mass is 374 g/mol. The van der Waals surface area contributed by atoms with Gasteiger partial charge in [0.15, 0.2) is 0 Å². The van der Waals surface area contributed by atoms with E-state index >= 15 is 0 Å². The zero-order valence-electron chi connectivity index (χ0n) is 9.69. The van der Waals surface area contributed by atoms with Crippen molar-refractivity contribution in [1.82, 2.24) is 0 Å². The van der Waals surface area contributed by atoms with Gasteiger partial charge in [-0.2, -0.15) is 0 Å². The third-order valence-corrected chi connectivity index (χ3v) is 4.13. The molecule has 1 aromatic rings. The number of ketones is 1. The van der Waals surface area contributed by atoms with E-state index in [0.29, 0.717) is 5.33 Å². The third-order valence-electron chi connectivity index (χ3n) is 2.34. The highest BCUT2D eigenvalue weighted by Gasteiger charge is 2.15. The molecule has 0 bridgehead atoms. The van der Waals surface area contributed by atoms with Gasteiger partial charge in [-0.25, -0.2) is 4.79 Å². The van der Waals surface area contributed by atoms with Crippen LogP contribution in [0.15, 0.2) is 24.3 Å². The first-order chi connectivity index (χ1) is 8.45. The molecule has 1 atom stereocenters. The standard InChI is InChI=1S/C13H12Br2O3/c1-8(16)13(15)11-4-2-9(7-14)6-10(11)3-5-12(17)18/h2-6,13H,7H2,1H3,(H,17,18). The van der Waals surface area contributed by atoms with Gasteiger partial charge in [0.25, 0.3) is 0 Å². The second-order valence-corrected chi connectivity index (χ2v) is 5.22. The van der Waals surface area contributed by atoms with E-state index in [2.05, 4.69) is 31.9 Å². The Balaban J connectivity index is 3.24. The number of halogens is 2. The summed E-state index contributed by atoms with van der Waals surface area (Å²) in [5.41, 5.74) is 2.52. The Hall–Kier alpha value is -0.940. The lowest BCUT2D eigenvalue weighted by atomic mass is 10.00. The maximum absolute atomic E-state index is 11.4. The molecular weight excluding hydrogens is 364 g/mol. The Bertz CT molecular complexity index is 495. The van der Waals surface area contributed by atoms with Crippen LogP contribution in [0.2, 0.25) is 0 Å². The Morgan fingerprint density at radius 2 is 2.11 bits per heavy atom. The van der Waals surface area contributed by atoms with Crippen LogP contribution < -0.4 is 0 Å². The van der Waals surface area contributed by atoms with Crippen molar-refractivity contribution in [3.63, 3.8) is 0 Å². The number of carbonyl (C=O) groups is 2. The minimum absolute atomic E-state index is 0.0217. The minimum atomic E-state index is -1.01. The van der Waals surface area contributed by atoms with Gasteiger partial charge in [-0.1, -0.05) is 50.1 Å². The molecule has 0 saturated carbocycles. The minimum Gasteiger partial charge on any atom is -0.478 e. The van der Waals surface area contributed by atoms with Gasteiger partial charge in [0, 0.05) is 11.4 Å². The van der Waals surface area contributed by atoms with Gasteiger partial charge in [-0.05, 0) is 29.7 Å². The van der Waals surface area contributed by atoms with Crippen LogP contribution in [-0.4, -0.2) is 16.9 Å². The van der Waals surface area contributed by atoms with Gasteiger partial charge < -0.3 is 5.11 Å². The molecule has 0 aliphatic heterocycles. The van der Waals surface area contributed by atoms with Crippen molar-refractivity contribution in [3.05, 3.63) is 41.0 Å². The molecule has 0 heterocycles. The summed E-state index contributed by atoms with van der Waals surface area (Å²) in [5.74, 6) is -1.04. The molecule has 0 amide bonds. The molecule has 0 fully saturated rings. The zero-order valence-corrected chi connectivity index (χ0v) is 12.9. The Morgan fingerprint density at radius 3 is 2.61 bits per heavy atom. The molecule has 0 aliphatic carbocycles. The topological polar surface area (TPSA) is 54.4 Å². The predicted molar refractivity (Wildman–Crippen MR) is 78.1 cm³/mol. The highest BCUT2D eigenvalue weighted by atomic mass is 79.9. The van der Waals surface area contributed by atoms with Crippen molar-refractivity contribution in [2.24, 2.45) is 0 Å². The fourth-order valence-electron chi connectivity index (χ4n) is 1.46. The largest absolute Gasteiger partial charge is 0.478 e. The summed E-state index contributed by atoms with van der Waals surface area (Å²) in [4.78, 5) is 21.5. The molecule has 18 heavy (non-hydrogen) atoms. The SMILES string of the molecule is CC(=O)C(Br)c1ccc(CBr)cc1C=CC(=O)O. The van der Waals surface area contributed by atoms with Crippen molar-refractivity contribution in [2.45, 2.75) is 17.1 Å². The van der Waals surface area contributed by atoms with Crippen LogP contribution in [0.5, 0.6) is 0 Å². The molecule has 0 spiro atoms. The van der Waals surface area contributed by atoms with Crippen LogP contribution in [0.25, 0.3) is 6.08 Å². The number of carbonyl (C=O) groups excluding carboxylic acids is 1. The molecule has 3 nitrogen and oxygen atoms in total. The van der Waals surface area contributed by atoms with E-state index in [-0.39, 0.29) is 5.78 Å². The summed E-state index contributed by atoms with van der Waals surface area (Å²) < 4.78 is 0. The van der Waals surface area contributed by atoms with Crippen LogP contribution >= 0.6 is 31.9 Å². The number of Topliss-reactive ketones (excluding diaryl/α,β-unsaturated/α-hetero) is 1. The number of benzene rings is 1. The number of carboxylic acid groups (broad SMARTS) is 1. The van der Waals surface area contributed by atoms with E-state index < -0.39 is 10.8 Å². The fraction of sp³-hybridized carbons (Fsp3) is 0.231. The van der Waals surface area contributed by atoms with Gasteiger partial charge in [-0.3, -0.25) is 4.79 Å². The van der Waals surface area contributed by atoms with Gasteiger partial charge in [0.05, 0.1) is 4.83 Å². The van der Waals surface area contributed by atoms with Gasteiger partial charge in [-0.15, -0.1) is 0 Å². The van der Waals surface area contributed by atoms with Crippen LogP contribution in [0.1, 0.15) is 28.4 Å². The molecule has 1 aromatic carbocycles. The van der Waals surface area contributed by atoms with Crippen LogP contribution in [-0.2, 0) is 14.9 Å². The van der Waals surface area contributed by atoms with Crippen molar-refractivity contribution in [2.75, 3.05) is 0 Å². The number of hydrogen-bond acceptors (Lipinski definition) is 2. The van der Waals surface area contributed by atoms with E-state index in [1.54, 1.807) is 0 Å². The summed E-state index contributed by atoms with van der Waals surface area (Å²) in [6.07, 6.45) is 2.57. The second kappa shape index (κ2) is 6.85. The number of aliphatic carboxylic acids is 1. The first-order valence-electron chi connectivity index (χ1n) is 5.20. The maximum Gasteiger partial charge on any atom is 0.328 e. The summed E-state index contributed by atoms with van der Waals surface area (Å²) in [7, 11) is 0. The highest BCUT2D eigenvalue weighted by molar-refractivity contribution is 9.09.